The van der Waals surface area contributed by atoms with E-state index >= 15 is 0 Å². The van der Waals surface area contributed by atoms with Crippen molar-refractivity contribution in [2.75, 3.05) is 16.8 Å². The Labute approximate surface area is 133 Å². The van der Waals surface area contributed by atoms with Gasteiger partial charge in [-0.2, -0.15) is 0 Å². The number of amides is 1. The summed E-state index contributed by atoms with van der Waals surface area (Å²) >= 11 is 3.56. The lowest BCUT2D eigenvalue weighted by molar-refractivity contribution is -0.117. The van der Waals surface area contributed by atoms with E-state index in [1.54, 1.807) is 0 Å². The number of benzene rings is 2. The van der Waals surface area contributed by atoms with Gasteiger partial charge in [-0.05, 0) is 30.2 Å². The number of para-hydroxylation sites is 2. The first-order valence-electron chi connectivity index (χ1n) is 7.12. The van der Waals surface area contributed by atoms with E-state index in [0.29, 0.717) is 6.42 Å². The van der Waals surface area contributed by atoms with Crippen LogP contribution in [-0.4, -0.2) is 12.5 Å². The maximum Gasteiger partial charge on any atom is 0.227 e. The summed E-state index contributed by atoms with van der Waals surface area (Å²) in [5, 5.41) is 3.44. The third-order valence-electron chi connectivity index (χ3n) is 3.70. The van der Waals surface area contributed by atoms with Gasteiger partial charge in [-0.1, -0.05) is 46.3 Å². The molecule has 21 heavy (non-hydrogen) atoms. The van der Waals surface area contributed by atoms with Crippen molar-refractivity contribution >= 4 is 33.2 Å². The Bertz CT molecular complexity index is 657. The zero-order valence-electron chi connectivity index (χ0n) is 11.7. The second kappa shape index (κ2) is 6.31. The Morgan fingerprint density at radius 3 is 2.62 bits per heavy atom. The molecule has 0 aliphatic carbocycles. The average Bonchev–Trinajstić information content (AvgIpc) is 2.93. The van der Waals surface area contributed by atoms with Crippen LogP contribution in [0.5, 0.6) is 0 Å². The van der Waals surface area contributed by atoms with Gasteiger partial charge in [0.1, 0.15) is 0 Å². The quantitative estimate of drug-likeness (QED) is 0.901. The molecule has 0 spiro atoms. The van der Waals surface area contributed by atoms with Crippen LogP contribution in [0.3, 0.4) is 0 Å². The lowest BCUT2D eigenvalue weighted by Crippen LogP contribution is -2.24. The summed E-state index contributed by atoms with van der Waals surface area (Å²) in [7, 11) is 0. The summed E-state index contributed by atoms with van der Waals surface area (Å²) in [6, 6.07) is 16.1. The molecule has 1 heterocycles. The van der Waals surface area contributed by atoms with E-state index in [0.717, 1.165) is 35.4 Å². The second-order valence-electron chi connectivity index (χ2n) is 5.11. The zero-order valence-corrected chi connectivity index (χ0v) is 13.3. The first-order chi connectivity index (χ1) is 10.3. The topological polar surface area (TPSA) is 32.3 Å². The van der Waals surface area contributed by atoms with E-state index < -0.39 is 0 Å². The van der Waals surface area contributed by atoms with Crippen LogP contribution in [0.15, 0.2) is 53.0 Å². The molecule has 108 valence electrons. The van der Waals surface area contributed by atoms with Gasteiger partial charge in [0.05, 0.1) is 11.4 Å². The van der Waals surface area contributed by atoms with Gasteiger partial charge in [-0.3, -0.25) is 4.79 Å². The second-order valence-corrected chi connectivity index (χ2v) is 5.97. The van der Waals surface area contributed by atoms with Gasteiger partial charge < -0.3 is 10.2 Å². The molecule has 1 aliphatic rings. The third-order valence-corrected chi connectivity index (χ3v) is 4.47. The summed E-state index contributed by atoms with van der Waals surface area (Å²) in [6.07, 6.45) is 1.59. The normalized spacial score (nSPS) is 14.5. The molecule has 0 unspecified atom stereocenters. The minimum Gasteiger partial charge on any atom is -0.379 e. The van der Waals surface area contributed by atoms with Crippen LogP contribution in [-0.2, 0) is 11.3 Å². The molecular formula is C17H17BrN2O. The van der Waals surface area contributed by atoms with Gasteiger partial charge in [-0.25, -0.2) is 0 Å². The number of rotatable bonds is 4. The molecule has 1 saturated heterocycles. The first kappa shape index (κ1) is 14.1. The van der Waals surface area contributed by atoms with Crippen molar-refractivity contribution in [2.24, 2.45) is 0 Å². The number of carbonyl (C=O) groups excluding carboxylic acids is 1. The van der Waals surface area contributed by atoms with Crippen molar-refractivity contribution in [2.45, 2.75) is 19.4 Å². The first-order valence-corrected chi connectivity index (χ1v) is 7.91. The molecule has 1 fully saturated rings. The van der Waals surface area contributed by atoms with Crippen LogP contribution in [0.4, 0.5) is 11.4 Å². The minimum atomic E-state index is 0.213. The van der Waals surface area contributed by atoms with Gasteiger partial charge in [-0.15, -0.1) is 0 Å². The van der Waals surface area contributed by atoms with Gasteiger partial charge in [0.25, 0.3) is 0 Å². The van der Waals surface area contributed by atoms with Crippen LogP contribution >= 0.6 is 15.9 Å². The smallest absolute Gasteiger partial charge is 0.227 e. The van der Waals surface area contributed by atoms with Crippen molar-refractivity contribution < 1.29 is 4.79 Å². The van der Waals surface area contributed by atoms with E-state index in [1.165, 1.54) is 5.56 Å². The third kappa shape index (κ3) is 3.10. The lowest BCUT2D eigenvalue weighted by Gasteiger charge is -2.20. The highest BCUT2D eigenvalue weighted by molar-refractivity contribution is 9.10. The maximum atomic E-state index is 11.9. The van der Waals surface area contributed by atoms with Crippen molar-refractivity contribution in [1.29, 1.82) is 0 Å². The Kier molecular flexibility index (Phi) is 4.25. The molecule has 0 saturated carbocycles. The zero-order chi connectivity index (χ0) is 14.7. The van der Waals surface area contributed by atoms with Crippen LogP contribution < -0.4 is 10.2 Å². The summed E-state index contributed by atoms with van der Waals surface area (Å²) in [5.41, 5.74) is 3.18. The standard InChI is InChI=1S/C17H17BrN2O/c18-14-7-2-1-6-13(14)12-19-15-8-3-4-9-16(15)20-11-5-10-17(20)21/h1-4,6-9,19H,5,10-12H2. The van der Waals surface area contributed by atoms with Crippen molar-refractivity contribution in [1.82, 2.24) is 0 Å². The Morgan fingerprint density at radius 1 is 1.10 bits per heavy atom. The number of anilines is 2. The molecule has 0 aromatic heterocycles. The Balaban J connectivity index is 1.80. The highest BCUT2D eigenvalue weighted by atomic mass is 79.9. The van der Waals surface area contributed by atoms with E-state index in [-0.39, 0.29) is 5.91 Å². The number of nitrogens with one attached hydrogen (secondary N) is 1. The molecule has 0 bridgehead atoms. The summed E-state index contributed by atoms with van der Waals surface area (Å²) in [4.78, 5) is 13.8. The largest absolute Gasteiger partial charge is 0.379 e. The van der Waals surface area contributed by atoms with Crippen LogP contribution in [0.1, 0.15) is 18.4 Å². The monoisotopic (exact) mass is 344 g/mol. The molecule has 0 atom stereocenters. The van der Waals surface area contributed by atoms with E-state index in [1.807, 2.05) is 47.4 Å². The van der Waals surface area contributed by atoms with Gasteiger partial charge >= 0.3 is 0 Å². The SMILES string of the molecule is O=C1CCCN1c1ccccc1NCc1ccccc1Br. The maximum absolute atomic E-state index is 11.9. The number of nitrogens with zero attached hydrogens (tertiary/aromatic N) is 1. The number of hydrogen-bond donors (Lipinski definition) is 1. The molecule has 1 aliphatic heterocycles. The van der Waals surface area contributed by atoms with Gasteiger partial charge in [0.15, 0.2) is 0 Å². The Hall–Kier alpha value is -1.81. The number of hydrogen-bond acceptors (Lipinski definition) is 2. The van der Waals surface area contributed by atoms with E-state index in [9.17, 15) is 4.79 Å². The fourth-order valence-corrected chi connectivity index (χ4v) is 3.02. The van der Waals surface area contributed by atoms with Crippen LogP contribution in [0.25, 0.3) is 0 Å². The van der Waals surface area contributed by atoms with Crippen LogP contribution in [0, 0.1) is 0 Å². The molecular weight excluding hydrogens is 328 g/mol. The molecule has 1 N–H and O–H groups in total. The predicted octanol–water partition coefficient (Wildman–Crippen LogP) is 4.19. The highest BCUT2D eigenvalue weighted by Gasteiger charge is 2.23. The predicted molar refractivity (Wildman–Crippen MR) is 89.5 cm³/mol. The number of halogens is 1. The van der Waals surface area contributed by atoms with Gasteiger partial charge in [0, 0.05) is 24.0 Å². The molecule has 2 aromatic carbocycles. The fourth-order valence-electron chi connectivity index (χ4n) is 2.59. The molecule has 3 nitrogen and oxygen atoms in total. The Morgan fingerprint density at radius 2 is 1.86 bits per heavy atom. The lowest BCUT2D eigenvalue weighted by atomic mass is 10.2. The molecule has 1 amide bonds. The van der Waals surface area contributed by atoms with E-state index in [4.69, 9.17) is 0 Å². The summed E-state index contributed by atoms with van der Waals surface area (Å²) < 4.78 is 1.09. The van der Waals surface area contributed by atoms with Crippen LogP contribution in [0.2, 0.25) is 0 Å². The average molecular weight is 345 g/mol. The van der Waals surface area contributed by atoms with Crippen molar-refractivity contribution in [3.63, 3.8) is 0 Å². The van der Waals surface area contributed by atoms with Crippen molar-refractivity contribution in [3.8, 4) is 0 Å². The molecule has 0 radical (unpaired) electrons. The molecule has 3 rings (SSSR count). The van der Waals surface area contributed by atoms with E-state index in [2.05, 4.69) is 27.3 Å². The molecule has 2 aromatic rings. The van der Waals surface area contributed by atoms with Gasteiger partial charge in [0.2, 0.25) is 5.91 Å². The molecule has 4 heteroatoms. The van der Waals surface area contributed by atoms with Crippen molar-refractivity contribution in [3.05, 3.63) is 58.6 Å². The highest BCUT2D eigenvalue weighted by Crippen LogP contribution is 2.30. The summed E-state index contributed by atoms with van der Waals surface area (Å²) in [6.45, 7) is 1.53. The fraction of sp³-hybridized carbons (Fsp3) is 0.235. The summed E-state index contributed by atoms with van der Waals surface area (Å²) in [5.74, 6) is 0.213. The minimum absolute atomic E-state index is 0.213. The number of carbonyl (C=O) groups is 1.